The van der Waals surface area contributed by atoms with Crippen LogP contribution in [0.4, 0.5) is 0 Å². The van der Waals surface area contributed by atoms with Crippen LogP contribution >= 0.6 is 0 Å². The molecular formula is C30H28N2O. The molecule has 0 saturated heterocycles. The molecule has 0 radical (unpaired) electrons. The normalized spacial score (nSPS) is 12.1. The van der Waals surface area contributed by atoms with Gasteiger partial charge in [0.25, 0.3) is 0 Å². The molecule has 4 aromatic carbocycles. The fourth-order valence-electron chi connectivity index (χ4n) is 4.81. The minimum atomic E-state index is 0.260. The lowest BCUT2D eigenvalue weighted by Crippen LogP contribution is -2.03. The van der Waals surface area contributed by atoms with Crippen LogP contribution in [0.15, 0.2) is 77.9 Å². The van der Waals surface area contributed by atoms with Gasteiger partial charge in [-0.15, -0.1) is 0 Å². The number of aromatic nitrogens is 1. The third-order valence-electron chi connectivity index (χ3n) is 7.00. The third kappa shape index (κ3) is 3.32. The molecule has 0 saturated carbocycles. The van der Waals surface area contributed by atoms with Crippen molar-refractivity contribution in [3.63, 3.8) is 0 Å². The number of phenolic OH excluding ortho intramolecular Hbond substituents is 1. The van der Waals surface area contributed by atoms with Gasteiger partial charge in [0.15, 0.2) is 0 Å². The van der Waals surface area contributed by atoms with E-state index in [9.17, 15) is 5.11 Å². The summed E-state index contributed by atoms with van der Waals surface area (Å²) in [7, 11) is 0. The summed E-state index contributed by atoms with van der Waals surface area (Å²) in [6.45, 7) is 10.4. The monoisotopic (exact) mass is 432 g/mol. The van der Waals surface area contributed by atoms with Gasteiger partial charge in [-0.05, 0) is 79.4 Å². The summed E-state index contributed by atoms with van der Waals surface area (Å²) in [6.07, 6.45) is 0. The summed E-state index contributed by atoms with van der Waals surface area (Å²) in [5.74, 6) is 0.260. The second kappa shape index (κ2) is 7.93. The fraction of sp³-hybridized carbons (Fsp3) is 0.167. The quantitative estimate of drug-likeness (QED) is 0.230. The van der Waals surface area contributed by atoms with Crippen LogP contribution in [0.5, 0.6) is 5.75 Å². The Labute approximate surface area is 194 Å². The van der Waals surface area contributed by atoms with Crippen LogP contribution < -0.4 is 0 Å². The molecule has 33 heavy (non-hydrogen) atoms. The Bertz CT molecular complexity index is 1490. The maximum Gasteiger partial charge on any atom is 0.132 e. The Morgan fingerprint density at radius 2 is 1.27 bits per heavy atom. The highest BCUT2D eigenvalue weighted by atomic mass is 16.3. The number of para-hydroxylation sites is 1. The van der Waals surface area contributed by atoms with Gasteiger partial charge in [0.05, 0.1) is 5.71 Å². The Balaban J connectivity index is 1.76. The molecule has 0 spiro atoms. The average molecular weight is 433 g/mol. The first-order chi connectivity index (χ1) is 15.9. The number of aromatic hydroxyl groups is 1. The van der Waals surface area contributed by atoms with Crippen molar-refractivity contribution in [1.82, 2.24) is 4.68 Å². The summed E-state index contributed by atoms with van der Waals surface area (Å²) in [4.78, 5) is 0. The van der Waals surface area contributed by atoms with Gasteiger partial charge in [-0.3, -0.25) is 0 Å². The van der Waals surface area contributed by atoms with Crippen molar-refractivity contribution in [3.05, 3.63) is 101 Å². The molecule has 1 heterocycles. The Morgan fingerprint density at radius 3 is 1.85 bits per heavy atom. The zero-order chi connectivity index (χ0) is 23.3. The van der Waals surface area contributed by atoms with Crippen molar-refractivity contribution in [2.45, 2.75) is 34.6 Å². The Kier molecular flexibility index (Phi) is 5.05. The highest BCUT2D eigenvalue weighted by Crippen LogP contribution is 2.41. The Morgan fingerprint density at radius 1 is 0.727 bits per heavy atom. The standard InChI is InChI=1S/C30H28N2O/c1-18-19(2)22(5)32(21(18)4)31-20(3)25-15-10-16-28(30(25)33)29-26-13-8-6-11-23(26)17-24-12-7-9-14-27(24)29/h6-17,33H,1-5H3/b31-20+. The van der Waals surface area contributed by atoms with Crippen molar-refractivity contribution in [2.24, 2.45) is 5.10 Å². The molecule has 0 aliphatic heterocycles. The minimum absolute atomic E-state index is 0.260. The van der Waals surface area contributed by atoms with E-state index in [1.54, 1.807) is 0 Å². The van der Waals surface area contributed by atoms with Crippen molar-refractivity contribution in [2.75, 3.05) is 0 Å². The van der Waals surface area contributed by atoms with Crippen LogP contribution in [-0.4, -0.2) is 15.5 Å². The first-order valence-electron chi connectivity index (χ1n) is 11.3. The number of rotatable bonds is 3. The third-order valence-corrected chi connectivity index (χ3v) is 7.00. The largest absolute Gasteiger partial charge is 0.507 e. The highest BCUT2D eigenvalue weighted by Gasteiger charge is 2.17. The predicted octanol–water partition coefficient (Wildman–Crippen LogP) is 7.67. The summed E-state index contributed by atoms with van der Waals surface area (Å²) in [5.41, 5.74) is 8.15. The molecule has 3 nitrogen and oxygen atoms in total. The van der Waals surface area contributed by atoms with Crippen LogP contribution in [0, 0.1) is 27.7 Å². The van der Waals surface area contributed by atoms with Crippen LogP contribution in [0.2, 0.25) is 0 Å². The van der Waals surface area contributed by atoms with Gasteiger partial charge in [-0.25, -0.2) is 4.68 Å². The summed E-state index contributed by atoms with van der Waals surface area (Å²) < 4.78 is 1.99. The van der Waals surface area contributed by atoms with E-state index in [-0.39, 0.29) is 5.75 Å². The fourth-order valence-corrected chi connectivity index (χ4v) is 4.81. The summed E-state index contributed by atoms with van der Waals surface area (Å²) in [6, 6.07) is 24.9. The SMILES string of the molecule is C/C(=N\n1c(C)c(C)c(C)c1C)c1cccc(-c2c3ccccc3cc3ccccc23)c1O. The van der Waals surface area contributed by atoms with Gasteiger partial charge in [0.1, 0.15) is 5.75 Å². The number of phenols is 1. The minimum Gasteiger partial charge on any atom is -0.507 e. The maximum absolute atomic E-state index is 11.5. The molecule has 0 unspecified atom stereocenters. The lowest BCUT2D eigenvalue weighted by atomic mass is 9.90. The maximum atomic E-state index is 11.5. The molecule has 5 rings (SSSR count). The van der Waals surface area contributed by atoms with E-state index in [2.05, 4.69) is 82.3 Å². The van der Waals surface area contributed by atoms with Crippen LogP contribution in [0.3, 0.4) is 0 Å². The number of hydrogen-bond donors (Lipinski definition) is 1. The van der Waals surface area contributed by atoms with Gasteiger partial charge in [0, 0.05) is 28.1 Å². The van der Waals surface area contributed by atoms with E-state index >= 15 is 0 Å². The van der Waals surface area contributed by atoms with Gasteiger partial charge < -0.3 is 5.11 Å². The van der Waals surface area contributed by atoms with E-state index in [4.69, 9.17) is 5.10 Å². The van der Waals surface area contributed by atoms with E-state index in [0.717, 1.165) is 55.3 Å². The number of nitrogens with zero attached hydrogens (tertiary/aromatic N) is 2. The number of benzene rings is 4. The molecular weight excluding hydrogens is 404 g/mol. The van der Waals surface area contributed by atoms with Crippen molar-refractivity contribution >= 4 is 27.3 Å². The van der Waals surface area contributed by atoms with Gasteiger partial charge in [-0.1, -0.05) is 60.7 Å². The molecule has 0 fully saturated rings. The Hall–Kier alpha value is -3.85. The topological polar surface area (TPSA) is 37.5 Å². The molecule has 0 amide bonds. The number of fused-ring (bicyclic) bond motifs is 2. The highest BCUT2D eigenvalue weighted by molar-refractivity contribution is 6.14. The van der Waals surface area contributed by atoms with E-state index in [1.165, 1.54) is 11.1 Å². The van der Waals surface area contributed by atoms with Crippen LogP contribution in [0.1, 0.15) is 35.0 Å². The zero-order valence-corrected chi connectivity index (χ0v) is 19.8. The molecule has 0 bridgehead atoms. The van der Waals surface area contributed by atoms with Crippen molar-refractivity contribution < 1.29 is 5.11 Å². The molecule has 1 aromatic heterocycles. The number of hydrogen-bond acceptors (Lipinski definition) is 2. The van der Waals surface area contributed by atoms with Gasteiger partial charge in [-0.2, -0.15) is 5.10 Å². The first kappa shape index (κ1) is 21.0. The molecule has 5 aromatic rings. The van der Waals surface area contributed by atoms with Gasteiger partial charge in [0.2, 0.25) is 0 Å². The van der Waals surface area contributed by atoms with Crippen LogP contribution in [-0.2, 0) is 0 Å². The van der Waals surface area contributed by atoms with Crippen molar-refractivity contribution in [1.29, 1.82) is 0 Å². The van der Waals surface area contributed by atoms with Crippen molar-refractivity contribution in [3.8, 4) is 16.9 Å². The second-order valence-corrected chi connectivity index (χ2v) is 8.81. The van der Waals surface area contributed by atoms with E-state index in [0.29, 0.717) is 0 Å². The summed E-state index contributed by atoms with van der Waals surface area (Å²) >= 11 is 0. The lowest BCUT2D eigenvalue weighted by molar-refractivity contribution is 0.476. The van der Waals surface area contributed by atoms with Crippen LogP contribution in [0.25, 0.3) is 32.7 Å². The van der Waals surface area contributed by atoms with E-state index < -0.39 is 0 Å². The molecule has 164 valence electrons. The zero-order valence-electron chi connectivity index (χ0n) is 19.8. The molecule has 1 N–H and O–H groups in total. The molecule has 0 aliphatic rings. The summed E-state index contributed by atoms with van der Waals surface area (Å²) in [5, 5.41) is 21.0. The predicted molar refractivity (Wildman–Crippen MR) is 140 cm³/mol. The van der Waals surface area contributed by atoms with Gasteiger partial charge >= 0.3 is 0 Å². The molecule has 3 heteroatoms. The molecule has 0 aliphatic carbocycles. The lowest BCUT2D eigenvalue weighted by Gasteiger charge is -2.15. The second-order valence-electron chi connectivity index (χ2n) is 8.81. The molecule has 0 atom stereocenters. The average Bonchev–Trinajstić information content (AvgIpc) is 3.00. The smallest absolute Gasteiger partial charge is 0.132 e. The van der Waals surface area contributed by atoms with E-state index in [1.807, 2.05) is 29.8 Å². The first-order valence-corrected chi connectivity index (χ1v) is 11.3.